The molecular formula is C26H37N3O2. The van der Waals surface area contributed by atoms with Crippen molar-refractivity contribution < 1.29 is 9.21 Å². The third-order valence-electron chi connectivity index (χ3n) is 7.64. The van der Waals surface area contributed by atoms with Gasteiger partial charge in [-0.05, 0) is 74.8 Å². The Morgan fingerprint density at radius 2 is 1.97 bits per heavy atom. The van der Waals surface area contributed by atoms with Crippen LogP contribution in [0.5, 0.6) is 0 Å². The van der Waals surface area contributed by atoms with Crippen LogP contribution in [0.15, 0.2) is 41.1 Å². The van der Waals surface area contributed by atoms with Gasteiger partial charge in [0.15, 0.2) is 5.76 Å². The molecule has 5 heteroatoms. The van der Waals surface area contributed by atoms with E-state index in [9.17, 15) is 4.79 Å². The Morgan fingerprint density at radius 3 is 2.58 bits per heavy atom. The van der Waals surface area contributed by atoms with Gasteiger partial charge in [0.05, 0.1) is 6.26 Å². The molecule has 2 aliphatic rings. The van der Waals surface area contributed by atoms with Crippen molar-refractivity contribution in [3.05, 3.63) is 48.0 Å². The lowest BCUT2D eigenvalue weighted by Gasteiger charge is -2.41. The number of rotatable bonds is 7. The van der Waals surface area contributed by atoms with Crippen molar-refractivity contribution in [3.8, 4) is 0 Å². The van der Waals surface area contributed by atoms with Crippen molar-refractivity contribution in [1.82, 2.24) is 9.88 Å². The number of anilines is 1. The molecule has 2 fully saturated rings. The minimum absolute atomic E-state index is 0.0908. The van der Waals surface area contributed by atoms with E-state index >= 15 is 0 Å². The summed E-state index contributed by atoms with van der Waals surface area (Å²) in [5, 5.41) is 0. The van der Waals surface area contributed by atoms with Gasteiger partial charge in [0.1, 0.15) is 5.82 Å². The van der Waals surface area contributed by atoms with Gasteiger partial charge >= 0.3 is 0 Å². The molecule has 0 radical (unpaired) electrons. The second kappa shape index (κ2) is 9.99. The lowest BCUT2D eigenvalue weighted by Crippen LogP contribution is -2.48. The van der Waals surface area contributed by atoms with E-state index in [0.29, 0.717) is 11.2 Å². The largest absolute Gasteiger partial charge is 0.459 e. The van der Waals surface area contributed by atoms with E-state index in [1.165, 1.54) is 51.5 Å². The van der Waals surface area contributed by atoms with Gasteiger partial charge in [0, 0.05) is 25.3 Å². The zero-order valence-electron chi connectivity index (χ0n) is 19.2. The Kier molecular flexibility index (Phi) is 7.11. The van der Waals surface area contributed by atoms with E-state index in [-0.39, 0.29) is 11.9 Å². The summed E-state index contributed by atoms with van der Waals surface area (Å²) in [6.45, 7) is 7.67. The standard InChI is InChI=1S/C26H37N3O2/c1-3-26(13-5-4-6-14-26)15-18-28-16-11-22(12-17-28)29(24-10-9-21(2)20-27-24)25(30)23-8-7-19-31-23/h7-10,19-20,22H,3-6,11-18H2,1-2H3. The molecule has 0 aromatic carbocycles. The quantitative estimate of drug-likeness (QED) is 0.561. The van der Waals surface area contributed by atoms with Gasteiger partial charge in [-0.25, -0.2) is 4.98 Å². The topological polar surface area (TPSA) is 49.6 Å². The predicted molar refractivity (Wildman–Crippen MR) is 124 cm³/mol. The number of aryl methyl sites for hydroxylation is 1. The van der Waals surface area contributed by atoms with Gasteiger partial charge in [-0.1, -0.05) is 38.7 Å². The lowest BCUT2D eigenvalue weighted by atomic mass is 9.70. The van der Waals surface area contributed by atoms with E-state index in [2.05, 4.69) is 16.8 Å². The fourth-order valence-corrected chi connectivity index (χ4v) is 5.46. The molecule has 1 aliphatic carbocycles. The molecule has 0 unspecified atom stereocenters. The molecule has 0 spiro atoms. The highest BCUT2D eigenvalue weighted by atomic mass is 16.3. The van der Waals surface area contributed by atoms with E-state index in [4.69, 9.17) is 4.42 Å². The summed E-state index contributed by atoms with van der Waals surface area (Å²) >= 11 is 0. The number of nitrogens with zero attached hydrogens (tertiary/aromatic N) is 3. The van der Waals surface area contributed by atoms with E-state index in [0.717, 1.165) is 37.3 Å². The van der Waals surface area contributed by atoms with Crippen LogP contribution < -0.4 is 4.90 Å². The fraction of sp³-hybridized carbons (Fsp3) is 0.615. The first kappa shape index (κ1) is 22.1. The van der Waals surface area contributed by atoms with Crippen LogP contribution in [-0.2, 0) is 0 Å². The number of hydrogen-bond acceptors (Lipinski definition) is 4. The molecular weight excluding hydrogens is 386 g/mol. The van der Waals surface area contributed by atoms with Crippen LogP contribution in [0.25, 0.3) is 0 Å². The van der Waals surface area contributed by atoms with Gasteiger partial charge < -0.3 is 9.32 Å². The molecule has 0 N–H and O–H groups in total. The summed E-state index contributed by atoms with van der Waals surface area (Å²) in [6.07, 6.45) is 15.0. The van der Waals surface area contributed by atoms with Crippen LogP contribution in [0.2, 0.25) is 0 Å². The third kappa shape index (κ3) is 5.20. The molecule has 4 rings (SSSR count). The smallest absolute Gasteiger partial charge is 0.295 e. The Balaban J connectivity index is 1.40. The number of piperidine rings is 1. The summed E-state index contributed by atoms with van der Waals surface area (Å²) in [6, 6.07) is 7.64. The fourth-order valence-electron chi connectivity index (χ4n) is 5.46. The third-order valence-corrected chi connectivity index (χ3v) is 7.64. The Hall–Kier alpha value is -2.14. The number of hydrogen-bond donors (Lipinski definition) is 0. The van der Waals surface area contributed by atoms with Crippen LogP contribution >= 0.6 is 0 Å². The van der Waals surface area contributed by atoms with E-state index < -0.39 is 0 Å². The number of furan rings is 1. The van der Waals surface area contributed by atoms with Gasteiger partial charge in [-0.3, -0.25) is 9.69 Å². The molecule has 31 heavy (non-hydrogen) atoms. The zero-order valence-corrected chi connectivity index (χ0v) is 19.2. The Morgan fingerprint density at radius 1 is 1.19 bits per heavy atom. The lowest BCUT2D eigenvalue weighted by molar-refractivity contribution is 0.0919. The number of carbonyl (C=O) groups is 1. The van der Waals surface area contributed by atoms with Crippen LogP contribution in [0.1, 0.15) is 80.8 Å². The molecule has 168 valence electrons. The van der Waals surface area contributed by atoms with Gasteiger partial charge in [0.2, 0.25) is 0 Å². The summed E-state index contributed by atoms with van der Waals surface area (Å²) in [4.78, 5) is 22.3. The molecule has 3 heterocycles. The normalized spacial score (nSPS) is 19.9. The molecule has 1 saturated carbocycles. The van der Waals surface area contributed by atoms with Crippen LogP contribution in [0, 0.1) is 12.3 Å². The molecule has 2 aromatic heterocycles. The number of carbonyl (C=O) groups excluding carboxylic acids is 1. The molecule has 1 aliphatic heterocycles. The SMILES string of the molecule is CCC1(CCN2CCC(N(C(=O)c3ccco3)c3ccc(C)cn3)CC2)CCCCC1. The molecule has 1 saturated heterocycles. The van der Waals surface area contributed by atoms with Crippen molar-refractivity contribution in [1.29, 1.82) is 0 Å². The Labute approximate surface area is 186 Å². The first-order valence-electron chi connectivity index (χ1n) is 12.1. The van der Waals surface area contributed by atoms with Crippen molar-refractivity contribution in [2.75, 3.05) is 24.5 Å². The van der Waals surface area contributed by atoms with Crippen molar-refractivity contribution in [2.45, 2.75) is 77.7 Å². The maximum Gasteiger partial charge on any atom is 0.295 e. The van der Waals surface area contributed by atoms with Crippen molar-refractivity contribution in [3.63, 3.8) is 0 Å². The highest BCUT2D eigenvalue weighted by molar-refractivity contribution is 6.04. The summed E-state index contributed by atoms with van der Waals surface area (Å²) in [7, 11) is 0. The highest BCUT2D eigenvalue weighted by Crippen LogP contribution is 2.42. The number of aromatic nitrogens is 1. The van der Waals surface area contributed by atoms with Crippen LogP contribution in [0.4, 0.5) is 5.82 Å². The first-order chi connectivity index (χ1) is 15.1. The minimum atomic E-state index is -0.0908. The van der Waals surface area contributed by atoms with Gasteiger partial charge in [0.25, 0.3) is 5.91 Å². The highest BCUT2D eigenvalue weighted by Gasteiger charge is 2.34. The van der Waals surface area contributed by atoms with E-state index in [1.54, 1.807) is 18.4 Å². The average Bonchev–Trinajstić information content (AvgIpc) is 3.36. The number of amides is 1. The predicted octanol–water partition coefficient (Wildman–Crippen LogP) is 5.84. The van der Waals surface area contributed by atoms with Crippen molar-refractivity contribution in [2.24, 2.45) is 5.41 Å². The monoisotopic (exact) mass is 423 g/mol. The zero-order chi connectivity index (χ0) is 21.7. The van der Waals surface area contributed by atoms with Crippen molar-refractivity contribution >= 4 is 11.7 Å². The van der Waals surface area contributed by atoms with Crippen LogP contribution in [0.3, 0.4) is 0 Å². The molecule has 0 bridgehead atoms. The number of pyridine rings is 1. The maximum atomic E-state index is 13.3. The maximum absolute atomic E-state index is 13.3. The first-order valence-corrected chi connectivity index (χ1v) is 12.1. The van der Waals surface area contributed by atoms with Gasteiger partial charge in [-0.2, -0.15) is 0 Å². The average molecular weight is 424 g/mol. The minimum Gasteiger partial charge on any atom is -0.459 e. The van der Waals surface area contributed by atoms with Crippen LogP contribution in [-0.4, -0.2) is 41.5 Å². The summed E-state index contributed by atoms with van der Waals surface area (Å²) in [5.74, 6) is 1.01. The second-order valence-electron chi connectivity index (χ2n) is 9.58. The molecule has 2 aromatic rings. The van der Waals surface area contributed by atoms with Gasteiger partial charge in [-0.15, -0.1) is 0 Å². The molecule has 5 nitrogen and oxygen atoms in total. The molecule has 1 amide bonds. The summed E-state index contributed by atoms with van der Waals surface area (Å²) < 4.78 is 5.43. The van der Waals surface area contributed by atoms with E-state index in [1.807, 2.05) is 30.2 Å². The molecule has 0 atom stereocenters. The Bertz CT molecular complexity index is 817. The number of likely N-dealkylation sites (tertiary alicyclic amines) is 1. The summed E-state index contributed by atoms with van der Waals surface area (Å²) in [5.41, 5.74) is 1.67. The second-order valence-corrected chi connectivity index (χ2v) is 9.58.